The van der Waals surface area contributed by atoms with Crippen molar-refractivity contribution in [2.24, 2.45) is 0 Å². The molecule has 0 atom stereocenters. The Kier molecular flexibility index (Phi) is 10.7. The number of rotatable bonds is 12. The van der Waals surface area contributed by atoms with Crippen molar-refractivity contribution in [3.8, 4) is 0 Å². The van der Waals surface area contributed by atoms with Crippen molar-refractivity contribution in [2.75, 3.05) is 62.6 Å². The zero-order chi connectivity index (χ0) is 30.1. The summed E-state index contributed by atoms with van der Waals surface area (Å²) in [7, 11) is -3.95. The monoisotopic (exact) mass is 621 g/mol. The highest BCUT2D eigenvalue weighted by Crippen LogP contribution is 2.34. The van der Waals surface area contributed by atoms with E-state index in [-0.39, 0.29) is 22.9 Å². The van der Waals surface area contributed by atoms with Crippen LogP contribution in [0.25, 0.3) is 0 Å². The first-order valence-corrected chi connectivity index (χ1v) is 17.1. The van der Waals surface area contributed by atoms with Crippen LogP contribution in [0.15, 0.2) is 94.7 Å². The molecular formula is C32H39N5O4S2. The highest BCUT2D eigenvalue weighted by Gasteiger charge is 2.27. The predicted molar refractivity (Wildman–Crippen MR) is 170 cm³/mol. The molecule has 0 saturated carbocycles. The lowest BCUT2D eigenvalue weighted by Gasteiger charge is -2.35. The van der Waals surface area contributed by atoms with Gasteiger partial charge in [0.15, 0.2) is 0 Å². The minimum Gasteiger partial charge on any atom is -0.343 e. The predicted octanol–water partition coefficient (Wildman–Crippen LogP) is 3.95. The van der Waals surface area contributed by atoms with Gasteiger partial charge >= 0.3 is 0 Å². The third-order valence-electron chi connectivity index (χ3n) is 7.80. The van der Waals surface area contributed by atoms with Crippen LogP contribution in [0.1, 0.15) is 29.6 Å². The third kappa shape index (κ3) is 8.38. The van der Waals surface area contributed by atoms with Crippen molar-refractivity contribution >= 4 is 39.5 Å². The molecule has 1 N–H and O–H groups in total. The van der Waals surface area contributed by atoms with E-state index < -0.39 is 15.9 Å². The number of hydrogen-bond acceptors (Lipinski definition) is 7. The molecule has 2 aliphatic rings. The molecule has 0 radical (unpaired) electrons. The highest BCUT2D eigenvalue weighted by atomic mass is 32.3. The van der Waals surface area contributed by atoms with Gasteiger partial charge in [-0.2, -0.15) is 0 Å². The lowest BCUT2D eigenvalue weighted by molar-refractivity contribution is -0.131. The topological polar surface area (TPSA) is 93.3 Å². The number of nitrogens with one attached hydrogen (secondary N) is 1. The number of benzene rings is 3. The molecule has 3 aromatic rings. The number of sulfonamides is 1. The van der Waals surface area contributed by atoms with Crippen LogP contribution in [0.4, 0.5) is 5.69 Å². The second-order valence-electron chi connectivity index (χ2n) is 10.8. The van der Waals surface area contributed by atoms with E-state index in [2.05, 4.69) is 15.1 Å². The van der Waals surface area contributed by atoms with E-state index in [9.17, 15) is 18.0 Å². The number of anilines is 1. The molecule has 5 rings (SSSR count). The van der Waals surface area contributed by atoms with Gasteiger partial charge in [-0.15, -0.1) is 0 Å². The summed E-state index contributed by atoms with van der Waals surface area (Å²) in [5.41, 5.74) is 0.802. The minimum atomic E-state index is -3.95. The third-order valence-corrected chi connectivity index (χ3v) is 11.0. The first-order valence-electron chi connectivity index (χ1n) is 14.8. The van der Waals surface area contributed by atoms with Gasteiger partial charge in [-0.25, -0.2) is 12.1 Å². The number of hydrogen-bond donors (Lipinski definition) is 1. The molecule has 2 saturated heterocycles. The Labute approximate surface area is 259 Å². The van der Waals surface area contributed by atoms with Gasteiger partial charge < -0.3 is 15.1 Å². The lowest BCUT2D eigenvalue weighted by atomic mass is 10.2. The Hall–Kier alpha value is -3.38. The van der Waals surface area contributed by atoms with Crippen LogP contribution < -0.4 is 9.03 Å². The molecule has 0 spiro atoms. The van der Waals surface area contributed by atoms with Crippen molar-refractivity contribution in [3.05, 3.63) is 90.5 Å². The lowest BCUT2D eigenvalue weighted by Crippen LogP contribution is -2.51. The average Bonchev–Trinajstić information content (AvgIpc) is 3.57. The summed E-state index contributed by atoms with van der Waals surface area (Å²) >= 11 is 1.11. The van der Waals surface area contributed by atoms with Crippen LogP contribution >= 0.6 is 11.9 Å². The number of para-hydroxylation sites is 1. The molecule has 0 bridgehead atoms. The Morgan fingerprint density at radius 1 is 0.744 bits per heavy atom. The largest absolute Gasteiger partial charge is 0.343 e. The summed E-state index contributed by atoms with van der Waals surface area (Å²) in [6.07, 6.45) is 3.78. The van der Waals surface area contributed by atoms with Gasteiger partial charge in [0, 0.05) is 48.6 Å². The van der Waals surface area contributed by atoms with Gasteiger partial charge in [0.1, 0.15) is 0 Å². The maximum atomic E-state index is 13.7. The van der Waals surface area contributed by atoms with Gasteiger partial charge in [-0.05, 0) is 94.0 Å². The minimum absolute atomic E-state index is 0.0608. The van der Waals surface area contributed by atoms with Crippen LogP contribution in [0.3, 0.4) is 0 Å². The van der Waals surface area contributed by atoms with Crippen molar-refractivity contribution < 1.29 is 18.0 Å². The fourth-order valence-electron chi connectivity index (χ4n) is 5.36. The zero-order valence-electron chi connectivity index (χ0n) is 24.3. The van der Waals surface area contributed by atoms with Crippen LogP contribution in [-0.4, -0.2) is 93.8 Å². The Balaban J connectivity index is 1.12. The Morgan fingerprint density at radius 3 is 1.95 bits per heavy atom. The van der Waals surface area contributed by atoms with Gasteiger partial charge in [0.05, 0.1) is 17.1 Å². The van der Waals surface area contributed by atoms with Gasteiger partial charge in [0.2, 0.25) is 5.91 Å². The molecule has 2 amide bonds. The smallest absolute Gasteiger partial charge is 0.274 e. The van der Waals surface area contributed by atoms with Crippen LogP contribution in [0, 0.1) is 0 Å². The number of piperazine rings is 1. The fourth-order valence-corrected chi connectivity index (χ4v) is 8.03. The SMILES string of the molecule is O=C(NCC(=O)N1CCN(CCCN2CCCC2)CC1)c1ccc(S(=O)(=O)N(Sc2ccccc2)c2ccccc2)cc1. The van der Waals surface area contributed by atoms with E-state index in [1.807, 2.05) is 36.4 Å². The summed E-state index contributed by atoms with van der Waals surface area (Å²) in [5, 5.41) is 2.70. The molecule has 0 aliphatic carbocycles. The molecular weight excluding hydrogens is 583 g/mol. The Morgan fingerprint density at radius 2 is 1.33 bits per heavy atom. The summed E-state index contributed by atoms with van der Waals surface area (Å²) < 4.78 is 28.7. The molecule has 2 aliphatic heterocycles. The van der Waals surface area contributed by atoms with E-state index in [0.29, 0.717) is 18.8 Å². The van der Waals surface area contributed by atoms with Crippen LogP contribution in [0.2, 0.25) is 0 Å². The van der Waals surface area contributed by atoms with Crippen LogP contribution in [0.5, 0.6) is 0 Å². The first kappa shape index (κ1) is 31.1. The van der Waals surface area contributed by atoms with Crippen molar-refractivity contribution in [1.82, 2.24) is 20.0 Å². The van der Waals surface area contributed by atoms with Crippen molar-refractivity contribution in [3.63, 3.8) is 0 Å². The first-order chi connectivity index (χ1) is 20.9. The van der Waals surface area contributed by atoms with Crippen molar-refractivity contribution in [1.29, 1.82) is 0 Å². The standard InChI is InChI=1S/C32H39N5O4S2/c38-31(36-24-22-35(23-25-36)21-9-20-34-18-7-8-19-34)26-33-32(39)27-14-16-30(17-15-27)43(40,41)37(28-10-3-1-4-11-28)42-29-12-5-2-6-13-29/h1-6,10-17H,7-9,18-26H2,(H,33,39). The maximum absolute atomic E-state index is 13.7. The molecule has 0 aromatic heterocycles. The molecule has 11 heteroatoms. The number of amides is 2. The molecule has 43 heavy (non-hydrogen) atoms. The van der Waals surface area contributed by atoms with E-state index in [1.54, 1.807) is 29.2 Å². The van der Waals surface area contributed by atoms with Gasteiger partial charge in [-0.1, -0.05) is 36.4 Å². The fraction of sp³-hybridized carbons (Fsp3) is 0.375. The normalized spacial score (nSPS) is 16.2. The highest BCUT2D eigenvalue weighted by molar-refractivity contribution is 8.14. The van der Waals surface area contributed by atoms with E-state index >= 15 is 0 Å². The zero-order valence-corrected chi connectivity index (χ0v) is 25.9. The van der Waals surface area contributed by atoms with Gasteiger partial charge in [-0.3, -0.25) is 14.5 Å². The summed E-state index contributed by atoms with van der Waals surface area (Å²) in [6, 6.07) is 24.0. The summed E-state index contributed by atoms with van der Waals surface area (Å²) in [6.45, 7) is 7.55. The average molecular weight is 622 g/mol. The van der Waals surface area contributed by atoms with Crippen molar-refractivity contribution in [2.45, 2.75) is 29.1 Å². The maximum Gasteiger partial charge on any atom is 0.274 e. The van der Waals surface area contributed by atoms with Crippen LogP contribution in [-0.2, 0) is 14.8 Å². The van der Waals surface area contributed by atoms with E-state index in [4.69, 9.17) is 0 Å². The summed E-state index contributed by atoms with van der Waals surface area (Å²) in [4.78, 5) is 33.2. The number of carbonyl (C=O) groups is 2. The molecule has 228 valence electrons. The van der Waals surface area contributed by atoms with Gasteiger partial charge in [0.25, 0.3) is 15.9 Å². The van der Waals surface area contributed by atoms with E-state index in [1.165, 1.54) is 53.9 Å². The molecule has 2 heterocycles. The number of nitrogens with zero attached hydrogens (tertiary/aromatic N) is 4. The number of carbonyl (C=O) groups excluding carboxylic acids is 2. The second-order valence-corrected chi connectivity index (χ2v) is 13.8. The second kappa shape index (κ2) is 14.9. The Bertz CT molecular complexity index is 1440. The van der Waals surface area contributed by atoms with E-state index in [0.717, 1.165) is 49.4 Å². The molecule has 9 nitrogen and oxygen atoms in total. The number of likely N-dealkylation sites (tertiary alicyclic amines) is 1. The quantitative estimate of drug-likeness (QED) is 0.306. The molecule has 3 aromatic carbocycles. The molecule has 0 unspecified atom stereocenters. The molecule has 2 fully saturated rings. The summed E-state index contributed by atoms with van der Waals surface area (Å²) in [5.74, 6) is -0.530.